The number of alkyl halides is 3. The second-order valence-corrected chi connectivity index (χ2v) is 28.7. The predicted molar refractivity (Wildman–Crippen MR) is 275 cm³/mol. The van der Waals surface area contributed by atoms with Gasteiger partial charge in [-0.15, -0.1) is 0 Å². The molecule has 6 aliphatic heterocycles. The molecule has 0 bridgehead atoms. The Morgan fingerprint density at radius 3 is 1.18 bits per heavy atom. The first-order valence-corrected chi connectivity index (χ1v) is 27.1. The molecule has 0 radical (unpaired) electrons. The van der Waals surface area contributed by atoms with E-state index in [-0.39, 0.29) is 35.0 Å². The van der Waals surface area contributed by atoms with Gasteiger partial charge >= 0.3 is 0 Å². The van der Waals surface area contributed by atoms with E-state index in [0.717, 1.165) is 58.3 Å². The van der Waals surface area contributed by atoms with Crippen LogP contribution < -0.4 is 0 Å². The molecular weight excluding hydrogens is 864 g/mol. The van der Waals surface area contributed by atoms with Gasteiger partial charge in [0.15, 0.2) is 9.84 Å². The average Bonchev–Trinajstić information content (AvgIpc) is 3.71. The van der Waals surface area contributed by atoms with Gasteiger partial charge in [0, 0.05) is 107 Å². The highest BCUT2D eigenvalue weighted by Gasteiger charge is 2.47. The summed E-state index contributed by atoms with van der Waals surface area (Å²) in [4.78, 5) is 11.1. The van der Waals surface area contributed by atoms with Crippen molar-refractivity contribution in [2.75, 3.05) is 98.6 Å². The normalized spacial score (nSPS) is 23.7. The van der Waals surface area contributed by atoms with Crippen LogP contribution in [0.15, 0.2) is 0 Å². The third kappa shape index (κ3) is 29.6. The highest BCUT2D eigenvalue weighted by Crippen LogP contribution is 2.32. The molecule has 398 valence electrons. The molecule has 0 aromatic carbocycles. The van der Waals surface area contributed by atoms with Gasteiger partial charge in [-0.2, -0.15) is 0 Å². The number of nitrogens with zero attached hydrogens (tertiary/aromatic N) is 5. The van der Waals surface area contributed by atoms with Gasteiger partial charge in [-0.05, 0) is 147 Å². The Labute approximate surface area is 407 Å². The number of rotatable bonds is 6. The molecule has 6 saturated heterocycles. The van der Waals surface area contributed by atoms with Crippen LogP contribution in [0.1, 0.15) is 171 Å². The SMILES string of the molecule is C1COC1.CC(C)(C)C.CC(C)(C)N1CC(F)(F)C1.CC(C)(C)N1CC(F)C1.CC(C)(C)N1CCC(S(C)(=O)=O)C1.CC(C)CCOC1CCN(C(C)(C)C)C1.COC1CN(C(C)(C)C)C1. The zero-order valence-electron chi connectivity index (χ0n) is 47.2. The molecule has 0 saturated carbocycles. The third-order valence-electron chi connectivity index (χ3n) is 12.1. The van der Waals surface area contributed by atoms with Crippen LogP contribution in [0.5, 0.6) is 0 Å². The minimum absolute atomic E-state index is 0.0729. The zero-order valence-corrected chi connectivity index (χ0v) is 48.0. The van der Waals surface area contributed by atoms with E-state index in [1.54, 1.807) is 12.0 Å². The van der Waals surface area contributed by atoms with Crippen molar-refractivity contribution in [3.63, 3.8) is 0 Å². The fourth-order valence-corrected chi connectivity index (χ4v) is 7.85. The largest absolute Gasteiger partial charge is 0.381 e. The Balaban J connectivity index is 0.000000770. The molecule has 66 heavy (non-hydrogen) atoms. The molecule has 6 fully saturated rings. The van der Waals surface area contributed by atoms with E-state index in [9.17, 15) is 21.6 Å². The monoisotopic (exact) mass is 972 g/mol. The summed E-state index contributed by atoms with van der Waals surface area (Å²) in [6, 6.07) is 0. The summed E-state index contributed by atoms with van der Waals surface area (Å²) in [6.07, 6.45) is 6.19. The second-order valence-electron chi connectivity index (χ2n) is 26.4. The minimum atomic E-state index is -2.84. The maximum Gasteiger partial charge on any atom is 0.272 e. The molecule has 0 aliphatic carbocycles. The zero-order chi connectivity index (χ0) is 51.9. The van der Waals surface area contributed by atoms with Gasteiger partial charge in [0.2, 0.25) is 0 Å². The molecular formula is C52H108F3N5O5S. The molecule has 0 aromatic heterocycles. The lowest BCUT2D eigenvalue weighted by atomic mass is 9.99. The molecule has 6 aliphatic rings. The van der Waals surface area contributed by atoms with Crippen molar-refractivity contribution >= 4 is 9.84 Å². The third-order valence-corrected chi connectivity index (χ3v) is 13.7. The van der Waals surface area contributed by atoms with Crippen LogP contribution >= 0.6 is 0 Å². The van der Waals surface area contributed by atoms with Crippen molar-refractivity contribution in [2.24, 2.45) is 11.3 Å². The van der Waals surface area contributed by atoms with Crippen molar-refractivity contribution < 1.29 is 35.8 Å². The van der Waals surface area contributed by atoms with Crippen molar-refractivity contribution in [3.05, 3.63) is 0 Å². The topological polar surface area (TPSA) is 78.0 Å². The highest BCUT2D eigenvalue weighted by molar-refractivity contribution is 7.91. The van der Waals surface area contributed by atoms with E-state index in [1.165, 1.54) is 32.1 Å². The lowest BCUT2D eigenvalue weighted by Gasteiger charge is -2.47. The van der Waals surface area contributed by atoms with Crippen molar-refractivity contribution in [1.82, 2.24) is 24.5 Å². The average molecular weight is 973 g/mol. The van der Waals surface area contributed by atoms with E-state index in [4.69, 9.17) is 14.2 Å². The first kappa shape index (κ1) is 65.4. The summed E-state index contributed by atoms with van der Waals surface area (Å²) in [7, 11) is -1.06. The first-order valence-electron chi connectivity index (χ1n) is 25.1. The molecule has 2 atom stereocenters. The molecule has 14 heteroatoms. The first-order chi connectivity index (χ1) is 29.5. The number of sulfone groups is 1. The van der Waals surface area contributed by atoms with E-state index in [1.807, 2.05) is 20.8 Å². The van der Waals surface area contributed by atoms with Gasteiger partial charge in [-0.1, -0.05) is 41.5 Å². The Morgan fingerprint density at radius 1 is 0.606 bits per heavy atom. The van der Waals surface area contributed by atoms with Crippen LogP contribution in [-0.4, -0.2) is 189 Å². The lowest BCUT2D eigenvalue weighted by molar-refractivity contribution is -0.160. The fourth-order valence-electron chi connectivity index (χ4n) is 6.87. The summed E-state index contributed by atoms with van der Waals surface area (Å²) in [6.45, 7) is 55.5. The number of hydrogen-bond acceptors (Lipinski definition) is 10. The van der Waals surface area contributed by atoms with Gasteiger partial charge in [0.1, 0.15) is 6.17 Å². The van der Waals surface area contributed by atoms with E-state index >= 15 is 0 Å². The molecule has 10 nitrogen and oxygen atoms in total. The smallest absolute Gasteiger partial charge is 0.272 e. The van der Waals surface area contributed by atoms with Gasteiger partial charge in [-0.3, -0.25) is 24.5 Å². The molecule has 2 unspecified atom stereocenters. The number of halogens is 3. The summed E-state index contributed by atoms with van der Waals surface area (Å²) < 4.78 is 75.2. The Kier molecular flexibility index (Phi) is 27.1. The van der Waals surface area contributed by atoms with Crippen LogP contribution in [0.2, 0.25) is 0 Å². The maximum absolute atomic E-state index is 12.3. The number of likely N-dealkylation sites (tertiary alicyclic amines) is 5. The second kappa shape index (κ2) is 27.3. The number of ether oxygens (including phenoxy) is 3. The van der Waals surface area contributed by atoms with E-state index < -0.39 is 21.9 Å². The quantitative estimate of drug-likeness (QED) is 0.257. The summed E-state index contributed by atoms with van der Waals surface area (Å²) in [5, 5.41) is -0.147. The Morgan fingerprint density at radius 2 is 0.955 bits per heavy atom. The van der Waals surface area contributed by atoms with Crippen LogP contribution in [0.25, 0.3) is 0 Å². The van der Waals surface area contributed by atoms with Gasteiger partial charge in [-0.25, -0.2) is 21.6 Å². The van der Waals surface area contributed by atoms with Gasteiger partial charge in [0.25, 0.3) is 5.92 Å². The number of hydrogen-bond donors (Lipinski definition) is 0. The van der Waals surface area contributed by atoms with Crippen molar-refractivity contribution in [1.29, 1.82) is 0 Å². The molecule has 0 aromatic rings. The molecule has 0 N–H and O–H groups in total. The van der Waals surface area contributed by atoms with Crippen molar-refractivity contribution in [3.8, 4) is 0 Å². The highest BCUT2D eigenvalue weighted by atomic mass is 32.2. The Bertz CT molecular complexity index is 1390. The lowest BCUT2D eigenvalue weighted by Crippen LogP contribution is -2.62. The molecule has 6 rings (SSSR count). The van der Waals surface area contributed by atoms with Crippen molar-refractivity contribution in [2.45, 2.75) is 228 Å². The molecule has 0 amide bonds. The van der Waals surface area contributed by atoms with E-state index in [2.05, 4.69) is 144 Å². The van der Waals surface area contributed by atoms with Crippen LogP contribution in [0.3, 0.4) is 0 Å². The molecule has 6 heterocycles. The summed E-state index contributed by atoms with van der Waals surface area (Å²) in [5.41, 5.74) is 1.30. The summed E-state index contributed by atoms with van der Waals surface area (Å²) >= 11 is 0. The maximum atomic E-state index is 12.3. The van der Waals surface area contributed by atoms with Gasteiger partial charge < -0.3 is 14.2 Å². The van der Waals surface area contributed by atoms with Crippen LogP contribution in [-0.2, 0) is 24.0 Å². The number of methoxy groups -OCH3 is 1. The minimum Gasteiger partial charge on any atom is -0.381 e. The Hall–Kier alpha value is -0.580. The predicted octanol–water partition coefficient (Wildman–Crippen LogP) is 10.6. The van der Waals surface area contributed by atoms with Crippen LogP contribution in [0, 0.1) is 11.3 Å². The standard InChI is InChI=1S/C13H27NO.C9H19NO2S.C8H17NO.C7H13F2N.C7H14FN.C5H12.C3H6O/c1-11(2)7-9-15-12-6-8-14(10-12)13(3,4)5;1-9(2,3)10-6-5-8(7-10)13(4,11)12;1-8(2,3)9-5-7(6-9)10-4;1-6(2,3)10-4-7(8,9)5-10;1-7(2,3)9-4-6(8)5-9;1-5(2,3)4;1-2-4-3-1/h11-12H,6-10H2,1-5H3;8H,5-7H2,1-4H3;7H,5-6H2,1-4H3;4-5H2,1-3H3;6H,4-5H2,1-3H3;1-4H3;1-3H2. The molecule has 0 spiro atoms. The fraction of sp³-hybridized carbons (Fsp3) is 1.00. The van der Waals surface area contributed by atoms with Gasteiger partial charge in [0.05, 0.1) is 30.5 Å². The van der Waals surface area contributed by atoms with Crippen LogP contribution in [0.4, 0.5) is 13.2 Å². The van der Waals surface area contributed by atoms with E-state index in [0.29, 0.717) is 48.3 Å². The summed E-state index contributed by atoms with van der Waals surface area (Å²) in [5.74, 6) is -1.67.